The average Bonchev–Trinajstić information content (AvgIpc) is 3.37. The maximum atomic E-state index is 12.8. The number of nitriles is 1. The van der Waals surface area contributed by atoms with Crippen LogP contribution in [0.15, 0.2) is 95.4 Å². The van der Waals surface area contributed by atoms with Gasteiger partial charge in [-0.2, -0.15) is 5.26 Å². The van der Waals surface area contributed by atoms with Crippen molar-refractivity contribution in [1.29, 1.82) is 5.26 Å². The summed E-state index contributed by atoms with van der Waals surface area (Å²) in [4.78, 5) is 25.4. The Morgan fingerprint density at radius 3 is 2.08 bits per heavy atom. The number of hydrogen-bond acceptors (Lipinski definition) is 7. The molecular formula is C32H24N2O6. The first-order valence-corrected chi connectivity index (χ1v) is 12.3. The van der Waals surface area contributed by atoms with Crippen LogP contribution >= 0.6 is 0 Å². The summed E-state index contributed by atoms with van der Waals surface area (Å²) in [5, 5.41) is 14.5. The Bertz CT molecular complexity index is 1730. The molecule has 0 atom stereocenters. The third kappa shape index (κ3) is 5.35. The van der Waals surface area contributed by atoms with Crippen molar-refractivity contribution in [3.05, 3.63) is 102 Å². The van der Waals surface area contributed by atoms with Crippen molar-refractivity contribution < 1.29 is 28.2 Å². The lowest BCUT2D eigenvalue weighted by molar-refractivity contribution is -0.119. The number of methoxy groups -OCH3 is 2. The summed E-state index contributed by atoms with van der Waals surface area (Å²) in [6.45, 7) is -0.563. The second kappa shape index (κ2) is 11.5. The predicted molar refractivity (Wildman–Crippen MR) is 150 cm³/mol. The van der Waals surface area contributed by atoms with Crippen LogP contribution in [0.25, 0.3) is 33.2 Å². The van der Waals surface area contributed by atoms with Gasteiger partial charge in [-0.25, -0.2) is 4.79 Å². The third-order valence-corrected chi connectivity index (χ3v) is 6.32. The molecule has 1 aromatic heterocycles. The number of nitrogens with zero attached hydrogens (tertiary/aromatic N) is 1. The van der Waals surface area contributed by atoms with E-state index in [0.717, 1.165) is 10.8 Å². The van der Waals surface area contributed by atoms with Gasteiger partial charge in [0.2, 0.25) is 5.88 Å². The minimum Gasteiger partial charge on any atom is -0.497 e. The molecule has 0 aliphatic heterocycles. The lowest BCUT2D eigenvalue weighted by atomic mass is 9.98. The first-order valence-electron chi connectivity index (χ1n) is 12.3. The normalized spacial score (nSPS) is 10.5. The van der Waals surface area contributed by atoms with Crippen molar-refractivity contribution in [3.63, 3.8) is 0 Å². The Morgan fingerprint density at radius 2 is 1.45 bits per heavy atom. The molecule has 5 aromatic rings. The van der Waals surface area contributed by atoms with Crippen LogP contribution in [0.4, 0.5) is 5.88 Å². The molecule has 0 fully saturated rings. The number of esters is 1. The number of rotatable bonds is 8. The second-order valence-electron chi connectivity index (χ2n) is 8.77. The molecule has 0 saturated heterocycles. The zero-order valence-corrected chi connectivity index (χ0v) is 21.8. The number of hydrogen-bond donors (Lipinski definition) is 1. The van der Waals surface area contributed by atoms with Crippen LogP contribution in [0.5, 0.6) is 11.5 Å². The molecule has 0 aliphatic carbocycles. The molecule has 0 unspecified atom stereocenters. The van der Waals surface area contributed by atoms with Gasteiger partial charge in [-0.15, -0.1) is 0 Å². The summed E-state index contributed by atoms with van der Waals surface area (Å²) in [5.74, 6) is 0.349. The SMILES string of the molecule is COc1ccc(-c2oc(NC(=O)COC(=O)c3ccc4ccccc4c3)c(C#N)c2-c2ccc(OC)cc2)cc1. The highest BCUT2D eigenvalue weighted by atomic mass is 16.5. The van der Waals surface area contributed by atoms with Crippen LogP contribution in [0.2, 0.25) is 0 Å². The van der Waals surface area contributed by atoms with Gasteiger partial charge in [0, 0.05) is 11.1 Å². The van der Waals surface area contributed by atoms with E-state index in [4.69, 9.17) is 18.6 Å². The molecular weight excluding hydrogens is 508 g/mol. The van der Waals surface area contributed by atoms with Crippen molar-refractivity contribution in [2.75, 3.05) is 26.1 Å². The standard InChI is InChI=1S/C32H24N2O6/c1-37-25-13-9-21(10-14-25)29-27(18-33)31(40-30(29)22-11-15-26(38-2)16-12-22)34-28(35)19-39-32(36)24-8-7-20-5-3-4-6-23(20)17-24/h3-17H,19H2,1-2H3,(H,34,35). The van der Waals surface area contributed by atoms with Gasteiger partial charge < -0.3 is 18.6 Å². The first kappa shape index (κ1) is 26.1. The molecule has 8 nitrogen and oxygen atoms in total. The zero-order chi connectivity index (χ0) is 28.1. The van der Waals surface area contributed by atoms with Gasteiger partial charge in [0.1, 0.15) is 28.9 Å². The number of furan rings is 1. The molecule has 1 N–H and O–H groups in total. The topological polar surface area (TPSA) is 111 Å². The van der Waals surface area contributed by atoms with Gasteiger partial charge in [-0.05, 0) is 64.9 Å². The summed E-state index contributed by atoms with van der Waals surface area (Å²) >= 11 is 0. The number of fused-ring (bicyclic) bond motifs is 1. The Balaban J connectivity index is 1.41. The fraction of sp³-hybridized carbons (Fsp3) is 0.0938. The van der Waals surface area contributed by atoms with E-state index in [9.17, 15) is 14.9 Å². The molecule has 0 bridgehead atoms. The number of amides is 1. The molecule has 1 amide bonds. The van der Waals surface area contributed by atoms with E-state index in [1.165, 1.54) is 0 Å². The molecule has 4 aromatic carbocycles. The van der Waals surface area contributed by atoms with E-state index < -0.39 is 18.5 Å². The van der Waals surface area contributed by atoms with Crippen molar-refractivity contribution in [3.8, 4) is 40.0 Å². The lowest BCUT2D eigenvalue weighted by Crippen LogP contribution is -2.21. The van der Waals surface area contributed by atoms with E-state index in [0.29, 0.717) is 39.5 Å². The highest BCUT2D eigenvalue weighted by molar-refractivity contribution is 5.99. The maximum Gasteiger partial charge on any atom is 0.338 e. The molecule has 0 aliphatic rings. The number of carbonyl (C=O) groups is 2. The average molecular weight is 533 g/mol. The smallest absolute Gasteiger partial charge is 0.338 e. The molecule has 198 valence electrons. The molecule has 0 radical (unpaired) electrons. The van der Waals surface area contributed by atoms with Crippen LogP contribution in [0, 0.1) is 11.3 Å². The van der Waals surface area contributed by atoms with E-state index >= 15 is 0 Å². The minimum atomic E-state index is -0.651. The Morgan fingerprint density at radius 1 is 0.825 bits per heavy atom. The number of anilines is 1. The van der Waals surface area contributed by atoms with E-state index in [1.54, 1.807) is 74.9 Å². The Labute approximate surface area is 230 Å². The Hall–Kier alpha value is -5.55. The van der Waals surface area contributed by atoms with Gasteiger partial charge in [-0.3, -0.25) is 10.1 Å². The summed E-state index contributed by atoms with van der Waals surface area (Å²) in [6.07, 6.45) is 0. The van der Waals surface area contributed by atoms with Gasteiger partial charge in [0.15, 0.2) is 6.61 Å². The number of nitrogens with one attached hydrogen (secondary N) is 1. The van der Waals surface area contributed by atoms with E-state index in [2.05, 4.69) is 11.4 Å². The highest BCUT2D eigenvalue weighted by Gasteiger charge is 2.25. The van der Waals surface area contributed by atoms with Crippen molar-refractivity contribution in [1.82, 2.24) is 0 Å². The van der Waals surface area contributed by atoms with E-state index in [-0.39, 0.29) is 11.4 Å². The molecule has 0 saturated carbocycles. The lowest BCUT2D eigenvalue weighted by Gasteiger charge is -2.06. The number of ether oxygens (including phenoxy) is 3. The van der Waals surface area contributed by atoms with Crippen molar-refractivity contribution in [2.45, 2.75) is 0 Å². The molecule has 8 heteroatoms. The van der Waals surface area contributed by atoms with Gasteiger partial charge >= 0.3 is 5.97 Å². The predicted octanol–water partition coefficient (Wildman–Crippen LogP) is 6.45. The third-order valence-electron chi connectivity index (χ3n) is 6.32. The van der Waals surface area contributed by atoms with Crippen LogP contribution in [-0.4, -0.2) is 32.7 Å². The first-order chi connectivity index (χ1) is 19.5. The largest absolute Gasteiger partial charge is 0.497 e. The quantitative estimate of drug-likeness (QED) is 0.229. The Kier molecular flexibility index (Phi) is 7.47. The minimum absolute atomic E-state index is 0.0501. The maximum absolute atomic E-state index is 12.8. The van der Waals surface area contributed by atoms with E-state index in [1.807, 2.05) is 30.3 Å². The van der Waals surface area contributed by atoms with Crippen molar-refractivity contribution >= 4 is 28.5 Å². The van der Waals surface area contributed by atoms with Crippen molar-refractivity contribution in [2.24, 2.45) is 0 Å². The van der Waals surface area contributed by atoms with Gasteiger partial charge in [0.25, 0.3) is 5.91 Å². The second-order valence-corrected chi connectivity index (χ2v) is 8.77. The summed E-state index contributed by atoms with van der Waals surface area (Å²) in [6, 6.07) is 29.2. The summed E-state index contributed by atoms with van der Waals surface area (Å²) in [7, 11) is 3.13. The molecule has 0 spiro atoms. The number of carbonyl (C=O) groups excluding carboxylic acids is 2. The number of benzene rings is 4. The molecule has 1 heterocycles. The monoisotopic (exact) mass is 532 g/mol. The van der Waals surface area contributed by atoms with Crippen LogP contribution < -0.4 is 14.8 Å². The summed E-state index contributed by atoms with van der Waals surface area (Å²) in [5.41, 5.74) is 2.32. The van der Waals surface area contributed by atoms with Gasteiger partial charge in [-0.1, -0.05) is 42.5 Å². The van der Waals surface area contributed by atoms with Crippen LogP contribution in [0.3, 0.4) is 0 Å². The fourth-order valence-electron chi connectivity index (χ4n) is 4.30. The van der Waals surface area contributed by atoms with Crippen LogP contribution in [0.1, 0.15) is 15.9 Å². The van der Waals surface area contributed by atoms with Gasteiger partial charge in [0.05, 0.1) is 19.8 Å². The fourth-order valence-corrected chi connectivity index (χ4v) is 4.30. The zero-order valence-electron chi connectivity index (χ0n) is 21.8. The molecule has 5 rings (SSSR count). The molecule has 40 heavy (non-hydrogen) atoms. The van der Waals surface area contributed by atoms with Crippen LogP contribution in [-0.2, 0) is 9.53 Å². The highest BCUT2D eigenvalue weighted by Crippen LogP contribution is 2.42. The summed E-state index contributed by atoms with van der Waals surface area (Å²) < 4.78 is 21.8.